The fraction of sp³-hybridized carbons (Fsp3) is 0.647. The summed E-state index contributed by atoms with van der Waals surface area (Å²) >= 11 is 0. The summed E-state index contributed by atoms with van der Waals surface area (Å²) in [7, 11) is 1.64. The van der Waals surface area contributed by atoms with Gasteiger partial charge in [-0.25, -0.2) is 0 Å². The molecule has 5 heteroatoms. The van der Waals surface area contributed by atoms with Gasteiger partial charge in [0, 0.05) is 23.5 Å². The van der Waals surface area contributed by atoms with E-state index < -0.39 is 6.04 Å². The van der Waals surface area contributed by atoms with Crippen LogP contribution in [0.1, 0.15) is 51.5 Å². The molecule has 1 aromatic carbocycles. The first-order valence-electron chi connectivity index (χ1n) is 8.12. The van der Waals surface area contributed by atoms with Crippen LogP contribution < -0.4 is 10.1 Å². The van der Waals surface area contributed by atoms with Crippen LogP contribution in [0.4, 0.5) is 0 Å². The van der Waals surface area contributed by atoms with Crippen molar-refractivity contribution >= 4 is 0 Å². The van der Waals surface area contributed by atoms with E-state index in [1.807, 2.05) is 31.2 Å². The van der Waals surface area contributed by atoms with Gasteiger partial charge in [0.15, 0.2) is 0 Å². The van der Waals surface area contributed by atoms with E-state index in [4.69, 9.17) is 4.74 Å². The van der Waals surface area contributed by atoms with Gasteiger partial charge in [-0.2, -0.15) is 0 Å². The molecule has 0 saturated carbocycles. The third-order valence-corrected chi connectivity index (χ3v) is 4.02. The minimum Gasteiger partial charge on any atom is -0.496 e. The van der Waals surface area contributed by atoms with Crippen molar-refractivity contribution in [2.75, 3.05) is 7.11 Å². The quantitative estimate of drug-likeness (QED) is 0.384. The first kappa shape index (κ1) is 18.4. The number of methoxy groups -OCH3 is 1. The zero-order chi connectivity index (χ0) is 16.4. The molecule has 1 aromatic rings. The van der Waals surface area contributed by atoms with Gasteiger partial charge in [-0.3, -0.25) is 10.1 Å². The minimum atomic E-state index is -0.536. The highest BCUT2D eigenvalue weighted by atomic mass is 16.6. The standard InChI is InChI=1S/C17H28N2O3/c1-4-6-7-11-15(16(5-2)19(20)21)18-13-14-10-8-9-12-17(14)22-3/h8-10,12,15-16,18H,4-7,11,13H2,1-3H3/t15-,16+/m0/s1. The van der Waals surface area contributed by atoms with Gasteiger partial charge >= 0.3 is 0 Å². The maximum absolute atomic E-state index is 11.3. The van der Waals surface area contributed by atoms with Crippen LogP contribution in [0.15, 0.2) is 24.3 Å². The SMILES string of the molecule is CCCCC[C@H](NCc1ccccc1OC)[C@@H](CC)[N+](=O)[O-]. The van der Waals surface area contributed by atoms with Crippen LogP contribution in [-0.4, -0.2) is 24.1 Å². The Bertz CT molecular complexity index is 451. The number of hydrogen-bond acceptors (Lipinski definition) is 4. The molecule has 0 aliphatic heterocycles. The molecule has 0 radical (unpaired) electrons. The summed E-state index contributed by atoms with van der Waals surface area (Å²) in [6.45, 7) is 4.61. The van der Waals surface area contributed by atoms with Gasteiger partial charge < -0.3 is 10.1 Å². The maximum Gasteiger partial charge on any atom is 0.227 e. The Morgan fingerprint density at radius 2 is 2.00 bits per heavy atom. The fourth-order valence-corrected chi connectivity index (χ4v) is 2.72. The lowest BCUT2D eigenvalue weighted by Crippen LogP contribution is -2.43. The predicted octanol–water partition coefficient (Wildman–Crippen LogP) is 3.79. The number of benzene rings is 1. The highest BCUT2D eigenvalue weighted by molar-refractivity contribution is 5.33. The lowest BCUT2D eigenvalue weighted by Gasteiger charge is -2.22. The lowest BCUT2D eigenvalue weighted by molar-refractivity contribution is -0.527. The van der Waals surface area contributed by atoms with E-state index in [0.29, 0.717) is 13.0 Å². The number of para-hydroxylation sites is 1. The second kappa shape index (κ2) is 10.2. The molecular weight excluding hydrogens is 280 g/mol. The average molecular weight is 308 g/mol. The largest absolute Gasteiger partial charge is 0.496 e. The molecule has 0 heterocycles. The molecule has 5 nitrogen and oxygen atoms in total. The summed E-state index contributed by atoms with van der Waals surface area (Å²) in [5.41, 5.74) is 1.03. The fourth-order valence-electron chi connectivity index (χ4n) is 2.72. The first-order valence-corrected chi connectivity index (χ1v) is 8.12. The van der Waals surface area contributed by atoms with Gasteiger partial charge in [-0.05, 0) is 12.5 Å². The molecule has 0 aromatic heterocycles. The highest BCUT2D eigenvalue weighted by Gasteiger charge is 2.28. The molecule has 0 amide bonds. The van der Waals surface area contributed by atoms with Gasteiger partial charge in [0.1, 0.15) is 5.75 Å². The van der Waals surface area contributed by atoms with Gasteiger partial charge in [-0.1, -0.05) is 51.3 Å². The summed E-state index contributed by atoms with van der Waals surface area (Å²) < 4.78 is 5.34. The van der Waals surface area contributed by atoms with Crippen LogP contribution in [-0.2, 0) is 6.54 Å². The second-order valence-corrected chi connectivity index (χ2v) is 5.56. The van der Waals surface area contributed by atoms with Crippen molar-refractivity contribution in [1.82, 2.24) is 5.32 Å². The van der Waals surface area contributed by atoms with Gasteiger partial charge in [-0.15, -0.1) is 0 Å². The Kier molecular flexibility index (Phi) is 8.51. The van der Waals surface area contributed by atoms with Crippen LogP contribution in [0.5, 0.6) is 5.75 Å². The van der Waals surface area contributed by atoms with E-state index in [0.717, 1.165) is 37.0 Å². The summed E-state index contributed by atoms with van der Waals surface area (Å²) in [5, 5.41) is 14.7. The minimum absolute atomic E-state index is 0.100. The van der Waals surface area contributed by atoms with Crippen LogP contribution in [0.2, 0.25) is 0 Å². The number of nitrogens with zero attached hydrogens (tertiary/aromatic N) is 1. The van der Waals surface area contributed by atoms with E-state index in [1.165, 1.54) is 0 Å². The van der Waals surface area contributed by atoms with E-state index >= 15 is 0 Å². The Labute approximate surface area is 133 Å². The summed E-state index contributed by atoms with van der Waals surface area (Å²) in [5.74, 6) is 0.816. The topological polar surface area (TPSA) is 64.4 Å². The second-order valence-electron chi connectivity index (χ2n) is 5.56. The third kappa shape index (κ3) is 5.64. The molecule has 0 aliphatic rings. The van der Waals surface area contributed by atoms with Crippen LogP contribution in [0.25, 0.3) is 0 Å². The molecule has 0 spiro atoms. The van der Waals surface area contributed by atoms with Crippen LogP contribution in [0.3, 0.4) is 0 Å². The molecule has 0 saturated heterocycles. The van der Waals surface area contributed by atoms with Gasteiger partial charge in [0.25, 0.3) is 0 Å². The Hall–Kier alpha value is -1.62. The van der Waals surface area contributed by atoms with Gasteiger partial charge in [0.2, 0.25) is 6.04 Å². The van der Waals surface area contributed by atoms with E-state index in [-0.39, 0.29) is 11.0 Å². The van der Waals surface area contributed by atoms with Crippen molar-refractivity contribution in [2.24, 2.45) is 0 Å². The molecule has 0 unspecified atom stereocenters. The normalized spacial score (nSPS) is 13.6. The van der Waals surface area contributed by atoms with Gasteiger partial charge in [0.05, 0.1) is 13.2 Å². The molecule has 22 heavy (non-hydrogen) atoms. The number of nitrogens with one attached hydrogen (secondary N) is 1. The number of unbranched alkanes of at least 4 members (excludes halogenated alkanes) is 2. The Morgan fingerprint density at radius 3 is 2.59 bits per heavy atom. The van der Waals surface area contributed by atoms with Crippen molar-refractivity contribution in [3.05, 3.63) is 39.9 Å². The smallest absolute Gasteiger partial charge is 0.227 e. The molecule has 1 rings (SSSR count). The number of hydrogen-bond donors (Lipinski definition) is 1. The molecule has 124 valence electrons. The molecule has 2 atom stereocenters. The molecule has 0 fully saturated rings. The van der Waals surface area contributed by atoms with Crippen molar-refractivity contribution < 1.29 is 9.66 Å². The van der Waals surface area contributed by atoms with E-state index in [2.05, 4.69) is 12.2 Å². The van der Waals surface area contributed by atoms with E-state index in [1.54, 1.807) is 7.11 Å². The lowest BCUT2D eigenvalue weighted by atomic mass is 9.99. The maximum atomic E-state index is 11.3. The molecule has 0 aliphatic carbocycles. The Balaban J connectivity index is 2.72. The molecular formula is C17H28N2O3. The van der Waals surface area contributed by atoms with Crippen LogP contribution in [0, 0.1) is 10.1 Å². The highest BCUT2D eigenvalue weighted by Crippen LogP contribution is 2.18. The number of nitro groups is 1. The Morgan fingerprint density at radius 1 is 1.27 bits per heavy atom. The average Bonchev–Trinajstić information content (AvgIpc) is 2.52. The number of rotatable bonds is 11. The third-order valence-electron chi connectivity index (χ3n) is 4.02. The zero-order valence-electron chi connectivity index (χ0n) is 13.9. The monoisotopic (exact) mass is 308 g/mol. The molecule has 0 bridgehead atoms. The zero-order valence-corrected chi connectivity index (χ0v) is 13.9. The van der Waals surface area contributed by atoms with E-state index in [9.17, 15) is 10.1 Å². The van der Waals surface area contributed by atoms with Crippen molar-refractivity contribution in [3.8, 4) is 5.75 Å². The van der Waals surface area contributed by atoms with Crippen molar-refractivity contribution in [1.29, 1.82) is 0 Å². The summed E-state index contributed by atoms with van der Waals surface area (Å²) in [6.07, 6.45) is 4.63. The van der Waals surface area contributed by atoms with Crippen LogP contribution >= 0.6 is 0 Å². The van der Waals surface area contributed by atoms with Crippen molar-refractivity contribution in [2.45, 2.75) is 64.6 Å². The number of ether oxygens (including phenoxy) is 1. The first-order chi connectivity index (χ1) is 10.6. The summed E-state index contributed by atoms with van der Waals surface area (Å²) in [6, 6.07) is 7.14. The predicted molar refractivity (Wildman–Crippen MR) is 88.8 cm³/mol. The summed E-state index contributed by atoms with van der Waals surface area (Å²) in [4.78, 5) is 11.1. The van der Waals surface area contributed by atoms with Crippen molar-refractivity contribution in [3.63, 3.8) is 0 Å². The molecule has 1 N–H and O–H groups in total.